The van der Waals surface area contributed by atoms with Crippen molar-refractivity contribution >= 4 is 23.2 Å². The number of thiophene rings is 1. The molecule has 5 nitrogen and oxygen atoms in total. The molecule has 3 unspecified atom stereocenters. The molecule has 0 aromatic carbocycles. The SMILES string of the molecule is NC1CCC(C(=O)N2CCc3sccc3C2C(=O)O)C1. The van der Waals surface area contributed by atoms with Crippen LogP contribution in [0.25, 0.3) is 0 Å². The quantitative estimate of drug-likeness (QED) is 0.863. The summed E-state index contributed by atoms with van der Waals surface area (Å²) in [7, 11) is 0. The number of hydrogen-bond acceptors (Lipinski definition) is 4. The van der Waals surface area contributed by atoms with Crippen LogP contribution in [-0.2, 0) is 16.0 Å². The molecular formula is C14H18N2O3S. The third-order valence-corrected chi connectivity index (χ3v) is 5.30. The monoisotopic (exact) mass is 294 g/mol. The molecule has 1 aliphatic carbocycles. The van der Waals surface area contributed by atoms with Gasteiger partial charge in [-0.2, -0.15) is 0 Å². The van der Waals surface area contributed by atoms with Gasteiger partial charge in [0.05, 0.1) is 0 Å². The van der Waals surface area contributed by atoms with E-state index in [1.165, 1.54) is 0 Å². The molecule has 1 aromatic heterocycles. The maximum absolute atomic E-state index is 12.6. The molecule has 1 aromatic rings. The predicted octanol–water partition coefficient (Wildman–Crippen LogP) is 1.39. The van der Waals surface area contributed by atoms with Crippen LogP contribution in [0.2, 0.25) is 0 Å². The van der Waals surface area contributed by atoms with Crippen molar-refractivity contribution in [1.29, 1.82) is 0 Å². The lowest BCUT2D eigenvalue weighted by Crippen LogP contribution is -2.45. The molecule has 3 rings (SSSR count). The number of nitrogens with zero attached hydrogens (tertiary/aromatic N) is 1. The Balaban J connectivity index is 1.86. The number of carboxylic acid groups (broad SMARTS) is 1. The van der Waals surface area contributed by atoms with Gasteiger partial charge in [-0.05, 0) is 42.7 Å². The Hall–Kier alpha value is -1.40. The Kier molecular flexibility index (Phi) is 3.52. The minimum absolute atomic E-state index is 0.0396. The average Bonchev–Trinajstić information content (AvgIpc) is 3.04. The fourth-order valence-corrected chi connectivity index (χ4v) is 4.20. The summed E-state index contributed by atoms with van der Waals surface area (Å²) in [6.45, 7) is 0.495. The molecule has 2 aliphatic rings. The fraction of sp³-hybridized carbons (Fsp3) is 0.571. The van der Waals surface area contributed by atoms with Crippen LogP contribution in [0.3, 0.4) is 0 Å². The summed E-state index contributed by atoms with van der Waals surface area (Å²) in [4.78, 5) is 26.8. The van der Waals surface area contributed by atoms with E-state index in [-0.39, 0.29) is 17.9 Å². The summed E-state index contributed by atoms with van der Waals surface area (Å²) in [5.74, 6) is -1.09. The van der Waals surface area contributed by atoms with Crippen LogP contribution in [-0.4, -0.2) is 34.5 Å². The number of amides is 1. The normalized spacial score (nSPS) is 29.2. The highest BCUT2D eigenvalue weighted by atomic mass is 32.1. The zero-order valence-electron chi connectivity index (χ0n) is 11.1. The first-order valence-corrected chi connectivity index (χ1v) is 7.81. The van der Waals surface area contributed by atoms with Gasteiger partial charge >= 0.3 is 5.97 Å². The van der Waals surface area contributed by atoms with Gasteiger partial charge in [0.15, 0.2) is 6.04 Å². The van der Waals surface area contributed by atoms with Crippen molar-refractivity contribution in [2.45, 2.75) is 37.8 Å². The van der Waals surface area contributed by atoms with E-state index in [2.05, 4.69) is 0 Å². The number of fused-ring (bicyclic) bond motifs is 1. The van der Waals surface area contributed by atoms with Crippen molar-refractivity contribution in [3.05, 3.63) is 21.9 Å². The Morgan fingerprint density at radius 1 is 1.40 bits per heavy atom. The van der Waals surface area contributed by atoms with Gasteiger partial charge in [-0.1, -0.05) is 0 Å². The zero-order chi connectivity index (χ0) is 14.3. The summed E-state index contributed by atoms with van der Waals surface area (Å²) in [5, 5.41) is 11.4. The molecule has 6 heteroatoms. The summed E-state index contributed by atoms with van der Waals surface area (Å²) in [5.41, 5.74) is 6.64. The Morgan fingerprint density at radius 2 is 2.20 bits per heavy atom. The number of carboxylic acids is 1. The molecule has 1 saturated carbocycles. The Morgan fingerprint density at radius 3 is 2.85 bits per heavy atom. The van der Waals surface area contributed by atoms with Gasteiger partial charge in [-0.15, -0.1) is 11.3 Å². The molecule has 20 heavy (non-hydrogen) atoms. The minimum atomic E-state index is -0.944. The van der Waals surface area contributed by atoms with E-state index in [0.717, 1.165) is 29.7 Å². The van der Waals surface area contributed by atoms with Gasteiger partial charge in [0, 0.05) is 23.4 Å². The fourth-order valence-electron chi connectivity index (χ4n) is 3.30. The van der Waals surface area contributed by atoms with Crippen LogP contribution in [0.1, 0.15) is 35.7 Å². The summed E-state index contributed by atoms with van der Waals surface area (Å²) in [6.07, 6.45) is 3.06. The van der Waals surface area contributed by atoms with Crippen LogP contribution in [0.4, 0.5) is 0 Å². The van der Waals surface area contributed by atoms with Crippen molar-refractivity contribution in [2.24, 2.45) is 11.7 Å². The highest BCUT2D eigenvalue weighted by Crippen LogP contribution is 2.36. The Bertz CT molecular complexity index is 542. The molecule has 3 atom stereocenters. The molecule has 2 heterocycles. The van der Waals surface area contributed by atoms with E-state index in [1.54, 1.807) is 16.2 Å². The number of aliphatic carboxylic acids is 1. The zero-order valence-corrected chi connectivity index (χ0v) is 11.9. The largest absolute Gasteiger partial charge is 0.479 e. The molecule has 0 saturated heterocycles. The number of carbonyl (C=O) groups excluding carboxylic acids is 1. The van der Waals surface area contributed by atoms with Crippen LogP contribution in [0, 0.1) is 5.92 Å². The van der Waals surface area contributed by atoms with Gasteiger partial charge in [0.1, 0.15) is 0 Å². The smallest absolute Gasteiger partial charge is 0.331 e. The van der Waals surface area contributed by atoms with Gasteiger partial charge < -0.3 is 15.7 Å². The topological polar surface area (TPSA) is 83.6 Å². The van der Waals surface area contributed by atoms with Gasteiger partial charge in [0.2, 0.25) is 5.91 Å². The molecule has 1 aliphatic heterocycles. The second-order valence-corrected chi connectivity index (χ2v) is 6.59. The molecule has 108 valence electrons. The second kappa shape index (κ2) is 5.18. The predicted molar refractivity (Wildman–Crippen MR) is 75.4 cm³/mol. The van der Waals surface area contributed by atoms with Crippen molar-refractivity contribution in [3.63, 3.8) is 0 Å². The molecule has 0 radical (unpaired) electrons. The number of nitrogens with two attached hydrogens (primary N) is 1. The summed E-state index contributed by atoms with van der Waals surface area (Å²) in [6, 6.07) is 1.08. The minimum Gasteiger partial charge on any atom is -0.479 e. The third kappa shape index (κ3) is 2.23. The first-order chi connectivity index (χ1) is 9.58. The maximum atomic E-state index is 12.6. The highest BCUT2D eigenvalue weighted by molar-refractivity contribution is 7.10. The first kappa shape index (κ1) is 13.6. The standard InChI is InChI=1S/C14H18N2O3S/c15-9-2-1-8(7-9)13(17)16-5-3-11-10(4-6-20-11)12(16)14(18)19/h4,6,8-9,12H,1-3,5,7,15H2,(H,18,19). The van der Waals surface area contributed by atoms with E-state index in [0.29, 0.717) is 13.0 Å². The van der Waals surface area contributed by atoms with Crippen LogP contribution >= 0.6 is 11.3 Å². The van der Waals surface area contributed by atoms with E-state index >= 15 is 0 Å². The van der Waals surface area contributed by atoms with Crippen LogP contribution < -0.4 is 5.73 Å². The highest BCUT2D eigenvalue weighted by Gasteiger charge is 2.40. The van der Waals surface area contributed by atoms with Crippen molar-refractivity contribution in [1.82, 2.24) is 4.90 Å². The lowest BCUT2D eigenvalue weighted by molar-refractivity contribution is -0.153. The van der Waals surface area contributed by atoms with Crippen molar-refractivity contribution in [2.75, 3.05) is 6.54 Å². The molecule has 0 bridgehead atoms. The van der Waals surface area contributed by atoms with E-state index < -0.39 is 12.0 Å². The van der Waals surface area contributed by atoms with Crippen molar-refractivity contribution in [3.8, 4) is 0 Å². The molecule has 1 fully saturated rings. The second-order valence-electron chi connectivity index (χ2n) is 5.59. The lowest BCUT2D eigenvalue weighted by atomic mass is 9.97. The van der Waals surface area contributed by atoms with Crippen LogP contribution in [0.5, 0.6) is 0 Å². The van der Waals surface area contributed by atoms with Crippen LogP contribution in [0.15, 0.2) is 11.4 Å². The number of rotatable bonds is 2. The van der Waals surface area contributed by atoms with Gasteiger partial charge in [-0.25, -0.2) is 4.79 Å². The average molecular weight is 294 g/mol. The van der Waals surface area contributed by atoms with Crippen molar-refractivity contribution < 1.29 is 14.7 Å². The number of hydrogen-bond donors (Lipinski definition) is 2. The molecule has 0 spiro atoms. The summed E-state index contributed by atoms with van der Waals surface area (Å²) < 4.78 is 0. The lowest BCUT2D eigenvalue weighted by Gasteiger charge is -2.34. The first-order valence-electron chi connectivity index (χ1n) is 6.93. The van der Waals surface area contributed by atoms with Gasteiger partial charge in [-0.3, -0.25) is 4.79 Å². The van der Waals surface area contributed by atoms with Gasteiger partial charge in [0.25, 0.3) is 0 Å². The maximum Gasteiger partial charge on any atom is 0.331 e. The third-order valence-electron chi connectivity index (χ3n) is 4.31. The number of carbonyl (C=O) groups is 2. The molecule has 3 N–H and O–H groups in total. The van der Waals surface area contributed by atoms with E-state index in [9.17, 15) is 14.7 Å². The molecular weight excluding hydrogens is 276 g/mol. The van der Waals surface area contributed by atoms with E-state index in [1.807, 2.05) is 11.4 Å². The Labute approximate surface area is 121 Å². The molecule has 1 amide bonds. The summed E-state index contributed by atoms with van der Waals surface area (Å²) >= 11 is 1.57. The van der Waals surface area contributed by atoms with E-state index in [4.69, 9.17) is 5.73 Å².